The summed E-state index contributed by atoms with van der Waals surface area (Å²) in [6, 6.07) is 1.24. The van der Waals surface area contributed by atoms with Gasteiger partial charge in [0.1, 0.15) is 17.0 Å². The number of hydrogen-bond acceptors (Lipinski definition) is 5. The number of thiophene rings is 1. The molecule has 1 fully saturated rings. The first kappa shape index (κ1) is 15.3. The molecule has 0 spiro atoms. The third-order valence-electron chi connectivity index (χ3n) is 5.56. The van der Waals surface area contributed by atoms with Crippen molar-refractivity contribution in [2.24, 2.45) is 5.92 Å². The normalized spacial score (nSPS) is 27.8. The maximum atomic E-state index is 4.61. The maximum absolute atomic E-state index is 4.61. The van der Waals surface area contributed by atoms with Gasteiger partial charge in [-0.2, -0.15) is 0 Å². The Morgan fingerprint density at radius 1 is 1.09 bits per heavy atom. The first-order valence-corrected chi connectivity index (χ1v) is 9.75. The highest BCUT2D eigenvalue weighted by atomic mass is 32.1. The summed E-state index contributed by atoms with van der Waals surface area (Å²) in [5.74, 6) is 1.86. The first-order chi connectivity index (χ1) is 11.2. The lowest BCUT2D eigenvalue weighted by molar-refractivity contribution is 0.371. The van der Waals surface area contributed by atoms with Crippen molar-refractivity contribution in [3.05, 3.63) is 16.8 Å². The summed E-state index contributed by atoms with van der Waals surface area (Å²) in [6.45, 7) is 2.36. The van der Waals surface area contributed by atoms with E-state index in [1.807, 2.05) is 11.3 Å². The monoisotopic (exact) mass is 330 g/mol. The third-order valence-corrected chi connectivity index (χ3v) is 6.76. The van der Waals surface area contributed by atoms with Gasteiger partial charge in [-0.3, -0.25) is 0 Å². The van der Waals surface area contributed by atoms with Crippen LogP contribution in [0.5, 0.6) is 0 Å². The zero-order valence-corrected chi connectivity index (χ0v) is 14.9. The molecule has 2 aliphatic rings. The van der Waals surface area contributed by atoms with Gasteiger partial charge in [-0.25, -0.2) is 9.97 Å². The largest absolute Gasteiger partial charge is 0.367 e. The molecule has 0 amide bonds. The molecule has 23 heavy (non-hydrogen) atoms. The van der Waals surface area contributed by atoms with Crippen molar-refractivity contribution >= 4 is 27.4 Å². The number of aryl methyl sites for hydroxylation is 1. The molecule has 2 aromatic heterocycles. The van der Waals surface area contributed by atoms with E-state index in [9.17, 15) is 0 Å². The van der Waals surface area contributed by atoms with Crippen molar-refractivity contribution in [2.45, 2.75) is 64.0 Å². The second-order valence-electron chi connectivity index (χ2n) is 7.24. The van der Waals surface area contributed by atoms with Crippen molar-refractivity contribution in [1.82, 2.24) is 15.3 Å². The number of rotatable bonds is 3. The lowest BCUT2D eigenvalue weighted by atomic mass is 9.88. The molecule has 0 bridgehead atoms. The quantitative estimate of drug-likeness (QED) is 0.900. The topological polar surface area (TPSA) is 49.8 Å². The minimum absolute atomic E-state index is 0.550. The highest BCUT2D eigenvalue weighted by molar-refractivity contribution is 7.19. The third kappa shape index (κ3) is 2.96. The van der Waals surface area contributed by atoms with Crippen LogP contribution in [0.1, 0.15) is 49.5 Å². The summed E-state index contributed by atoms with van der Waals surface area (Å²) in [6.07, 6.45) is 10.4. The van der Waals surface area contributed by atoms with Crippen LogP contribution >= 0.6 is 11.3 Å². The van der Waals surface area contributed by atoms with Gasteiger partial charge in [0.25, 0.3) is 0 Å². The Hall–Kier alpha value is -1.20. The molecule has 4 nitrogen and oxygen atoms in total. The number of nitrogens with zero attached hydrogens (tertiary/aromatic N) is 2. The number of anilines is 1. The Labute approximate surface area is 142 Å². The molecular formula is C18H26N4S. The minimum Gasteiger partial charge on any atom is -0.367 e. The van der Waals surface area contributed by atoms with Crippen LogP contribution in [0.3, 0.4) is 0 Å². The van der Waals surface area contributed by atoms with Crippen molar-refractivity contribution in [2.75, 3.05) is 12.4 Å². The molecule has 4 rings (SSSR count). The van der Waals surface area contributed by atoms with E-state index < -0.39 is 0 Å². The van der Waals surface area contributed by atoms with Gasteiger partial charge in [0.2, 0.25) is 0 Å². The molecule has 5 heteroatoms. The molecule has 2 N–H and O–H groups in total. The lowest BCUT2D eigenvalue weighted by Crippen LogP contribution is -2.35. The van der Waals surface area contributed by atoms with Crippen LogP contribution in [0, 0.1) is 5.92 Å². The van der Waals surface area contributed by atoms with Crippen LogP contribution in [0.2, 0.25) is 0 Å². The van der Waals surface area contributed by atoms with Crippen molar-refractivity contribution in [3.8, 4) is 0 Å². The predicted octanol–water partition coefficient (Wildman–Crippen LogP) is 3.76. The average Bonchev–Trinajstić information content (AvgIpc) is 2.94. The van der Waals surface area contributed by atoms with Crippen LogP contribution in [-0.2, 0) is 12.8 Å². The van der Waals surface area contributed by atoms with E-state index in [0.717, 1.165) is 11.7 Å². The summed E-state index contributed by atoms with van der Waals surface area (Å²) in [5, 5.41) is 8.47. The molecule has 1 saturated carbocycles. The second-order valence-corrected chi connectivity index (χ2v) is 8.32. The van der Waals surface area contributed by atoms with E-state index in [1.165, 1.54) is 60.7 Å². The summed E-state index contributed by atoms with van der Waals surface area (Å²) in [7, 11) is 2.07. The van der Waals surface area contributed by atoms with Gasteiger partial charge in [-0.1, -0.05) is 6.92 Å². The standard InChI is InChI=1S/C18H26N4S/c1-11-3-8-15-14(9-11)16-17(20-10-21-18(16)23-15)22-13-6-4-12(19-2)5-7-13/h10-13,19H,3-9H2,1-2H3,(H,20,21,22)/t11?,12-,13-. The molecule has 1 atom stereocenters. The van der Waals surface area contributed by atoms with Gasteiger partial charge in [-0.15, -0.1) is 11.3 Å². The second kappa shape index (κ2) is 6.36. The van der Waals surface area contributed by atoms with E-state index >= 15 is 0 Å². The summed E-state index contributed by atoms with van der Waals surface area (Å²) in [5.41, 5.74) is 1.52. The van der Waals surface area contributed by atoms with Gasteiger partial charge in [0.05, 0.1) is 5.39 Å². The molecule has 0 radical (unpaired) electrons. The molecular weight excluding hydrogens is 304 g/mol. The number of nitrogens with one attached hydrogen (secondary N) is 2. The Kier molecular flexibility index (Phi) is 4.24. The van der Waals surface area contributed by atoms with Crippen molar-refractivity contribution in [1.29, 1.82) is 0 Å². The fraction of sp³-hybridized carbons (Fsp3) is 0.667. The molecule has 0 aliphatic heterocycles. The number of aromatic nitrogens is 2. The highest BCUT2D eigenvalue weighted by Crippen LogP contribution is 2.40. The van der Waals surface area contributed by atoms with Crippen LogP contribution in [-0.4, -0.2) is 29.1 Å². The first-order valence-electron chi connectivity index (χ1n) is 8.93. The molecule has 2 heterocycles. The van der Waals surface area contributed by atoms with Gasteiger partial charge < -0.3 is 10.6 Å². The van der Waals surface area contributed by atoms with Crippen LogP contribution in [0.25, 0.3) is 10.2 Å². The van der Waals surface area contributed by atoms with Crippen molar-refractivity contribution < 1.29 is 0 Å². The Morgan fingerprint density at radius 3 is 2.65 bits per heavy atom. The van der Waals surface area contributed by atoms with E-state index in [1.54, 1.807) is 11.2 Å². The Bertz CT molecular complexity index is 688. The summed E-state index contributed by atoms with van der Waals surface area (Å²) in [4.78, 5) is 11.9. The molecule has 0 aromatic carbocycles. The van der Waals surface area contributed by atoms with Gasteiger partial charge in [0.15, 0.2) is 0 Å². The fourth-order valence-corrected chi connectivity index (χ4v) is 5.30. The fourth-order valence-electron chi connectivity index (χ4n) is 4.11. The van der Waals surface area contributed by atoms with E-state index in [-0.39, 0.29) is 0 Å². The number of fused-ring (bicyclic) bond motifs is 3. The lowest BCUT2D eigenvalue weighted by Gasteiger charge is -2.29. The van der Waals surface area contributed by atoms with E-state index in [2.05, 4.69) is 34.6 Å². The van der Waals surface area contributed by atoms with E-state index in [0.29, 0.717) is 12.1 Å². The molecule has 2 aromatic rings. The van der Waals surface area contributed by atoms with Gasteiger partial charge >= 0.3 is 0 Å². The van der Waals surface area contributed by atoms with Crippen LogP contribution in [0.15, 0.2) is 6.33 Å². The minimum atomic E-state index is 0.550. The molecule has 1 unspecified atom stereocenters. The van der Waals surface area contributed by atoms with E-state index in [4.69, 9.17) is 0 Å². The highest BCUT2D eigenvalue weighted by Gasteiger charge is 2.25. The summed E-state index contributed by atoms with van der Waals surface area (Å²) >= 11 is 1.88. The zero-order valence-electron chi connectivity index (χ0n) is 14.1. The van der Waals surface area contributed by atoms with Gasteiger partial charge in [0, 0.05) is 17.0 Å². The SMILES string of the molecule is CN[C@H]1CC[C@H](Nc2ncnc3sc4c(c23)CC(C)CC4)CC1. The Balaban J connectivity index is 1.61. The predicted molar refractivity (Wildman–Crippen MR) is 97.3 cm³/mol. The maximum Gasteiger partial charge on any atom is 0.138 e. The zero-order chi connectivity index (χ0) is 15.8. The van der Waals surface area contributed by atoms with Crippen molar-refractivity contribution in [3.63, 3.8) is 0 Å². The average molecular weight is 331 g/mol. The summed E-state index contributed by atoms with van der Waals surface area (Å²) < 4.78 is 0. The van der Waals surface area contributed by atoms with Gasteiger partial charge in [-0.05, 0) is 63.5 Å². The molecule has 124 valence electrons. The smallest absolute Gasteiger partial charge is 0.138 e. The van der Waals surface area contributed by atoms with Crippen LogP contribution < -0.4 is 10.6 Å². The molecule has 2 aliphatic carbocycles. The Morgan fingerprint density at radius 2 is 1.87 bits per heavy atom. The van der Waals surface area contributed by atoms with Crippen LogP contribution in [0.4, 0.5) is 5.82 Å². The molecule has 0 saturated heterocycles. The number of hydrogen-bond donors (Lipinski definition) is 2.